The van der Waals surface area contributed by atoms with E-state index >= 15 is 4.39 Å². The van der Waals surface area contributed by atoms with Crippen LogP contribution in [0.15, 0.2) is 78.1 Å². The number of rotatable bonds is 13. The zero-order valence-corrected chi connectivity index (χ0v) is 31.2. The quantitative estimate of drug-likeness (QED) is 0.173. The molecule has 0 spiro atoms. The number of nitrogens with zero attached hydrogens (tertiary/aromatic N) is 5. The van der Waals surface area contributed by atoms with Crippen LogP contribution in [0.4, 0.5) is 15.9 Å². The molecule has 0 bridgehead atoms. The van der Waals surface area contributed by atoms with E-state index in [0.29, 0.717) is 29.9 Å². The summed E-state index contributed by atoms with van der Waals surface area (Å²) in [6.07, 6.45) is 4.81. The predicted octanol–water partition coefficient (Wildman–Crippen LogP) is 6.13. The maximum absolute atomic E-state index is 16.1. The van der Waals surface area contributed by atoms with Crippen molar-refractivity contribution in [2.24, 2.45) is 0 Å². The van der Waals surface area contributed by atoms with E-state index in [1.54, 1.807) is 30.1 Å². The lowest BCUT2D eigenvalue weighted by atomic mass is 9.77. The van der Waals surface area contributed by atoms with Gasteiger partial charge in [0.25, 0.3) is 10.0 Å². The number of methoxy groups -OCH3 is 2. The van der Waals surface area contributed by atoms with Crippen molar-refractivity contribution in [3.05, 3.63) is 101 Å². The molecule has 1 fully saturated rings. The Kier molecular flexibility index (Phi) is 12.0. The van der Waals surface area contributed by atoms with Gasteiger partial charge in [0.2, 0.25) is 5.91 Å². The summed E-state index contributed by atoms with van der Waals surface area (Å²) in [7, 11) is 3.88. The molecule has 3 aromatic carbocycles. The highest BCUT2D eigenvalue weighted by Gasteiger charge is 2.37. The van der Waals surface area contributed by atoms with Crippen molar-refractivity contribution in [1.82, 2.24) is 19.8 Å². The first-order valence-electron chi connectivity index (χ1n) is 16.5. The molecule has 1 amide bonds. The van der Waals surface area contributed by atoms with E-state index in [4.69, 9.17) is 21.1 Å². The molecule has 1 heterocycles. The lowest BCUT2D eigenvalue weighted by molar-refractivity contribution is -0.133. The van der Waals surface area contributed by atoms with E-state index in [2.05, 4.69) is 40.4 Å². The molecular formula is C37H44ClFN6O5S. The molecule has 0 unspecified atom stereocenters. The summed E-state index contributed by atoms with van der Waals surface area (Å²) in [5.41, 5.74) is 3.10. The average molecular weight is 739 g/mol. The van der Waals surface area contributed by atoms with Crippen LogP contribution in [0.5, 0.6) is 11.5 Å². The van der Waals surface area contributed by atoms with E-state index in [1.807, 2.05) is 25.1 Å². The summed E-state index contributed by atoms with van der Waals surface area (Å²) in [5, 5.41) is 3.40. The molecule has 1 aliphatic carbocycles. The molecule has 0 radical (unpaired) electrons. The highest BCUT2D eigenvalue weighted by atomic mass is 35.5. The smallest absolute Gasteiger partial charge is 0.268 e. The van der Waals surface area contributed by atoms with E-state index in [1.165, 1.54) is 43.9 Å². The number of aryl methyl sites for hydroxylation is 1. The predicted molar refractivity (Wildman–Crippen MR) is 197 cm³/mol. The van der Waals surface area contributed by atoms with Gasteiger partial charge in [-0.1, -0.05) is 41.4 Å². The number of aromatic nitrogens is 2. The Labute approximate surface area is 304 Å². The van der Waals surface area contributed by atoms with Gasteiger partial charge in [-0.2, -0.15) is 0 Å². The molecule has 1 saturated carbocycles. The normalized spacial score (nSPS) is 17.5. The number of ether oxygens (including phenoxy) is 2. The standard InChI is InChI=1S/C37H44ClFN6O5S/c1-24-8-7-9-25(16-24)26-11-13-31(33(17-26)44(4)37(46)22-43(2)3)42-32-20-30(39)35(19-29(32)38)51(47,48)45(36-14-15-40-23-41-36)21-27-10-12-28(49-5)18-34(27)50-6/h7-10,12,14-16,18-20,23,26,31,33,42H,11,13,17,21-22H2,1-6H3/t26-,31-,33-/m0/s1. The Morgan fingerprint density at radius 2 is 1.82 bits per heavy atom. The number of anilines is 2. The Bertz CT molecular complexity index is 1950. The van der Waals surface area contributed by atoms with Gasteiger partial charge in [-0.05, 0) is 76.0 Å². The van der Waals surface area contributed by atoms with Gasteiger partial charge in [-0.15, -0.1) is 0 Å². The zero-order valence-electron chi connectivity index (χ0n) is 29.6. The Balaban J connectivity index is 1.46. The number of hydrogen-bond donors (Lipinski definition) is 1. The minimum atomic E-state index is -4.57. The Morgan fingerprint density at radius 1 is 1.04 bits per heavy atom. The van der Waals surface area contributed by atoms with Crippen LogP contribution in [-0.2, 0) is 21.4 Å². The monoisotopic (exact) mass is 738 g/mol. The van der Waals surface area contributed by atoms with Gasteiger partial charge in [-0.3, -0.25) is 4.79 Å². The van der Waals surface area contributed by atoms with E-state index < -0.39 is 20.7 Å². The van der Waals surface area contributed by atoms with Gasteiger partial charge in [0.05, 0.1) is 44.1 Å². The minimum absolute atomic E-state index is 0.0152. The van der Waals surface area contributed by atoms with Crippen molar-refractivity contribution >= 4 is 39.0 Å². The molecule has 14 heteroatoms. The Morgan fingerprint density at radius 3 is 2.49 bits per heavy atom. The number of halogens is 2. The number of carbonyl (C=O) groups excluding carboxylic acids is 1. The molecule has 1 N–H and O–H groups in total. The van der Waals surface area contributed by atoms with Crippen molar-refractivity contribution in [2.75, 3.05) is 51.5 Å². The summed E-state index contributed by atoms with van der Waals surface area (Å²) in [5.74, 6) is 0.108. The van der Waals surface area contributed by atoms with Gasteiger partial charge in [0.15, 0.2) is 0 Å². The molecule has 3 atom stereocenters. The first-order chi connectivity index (χ1) is 24.3. The molecule has 272 valence electrons. The van der Waals surface area contributed by atoms with Crippen LogP contribution in [0, 0.1) is 12.7 Å². The number of sulfonamides is 1. The van der Waals surface area contributed by atoms with Crippen LogP contribution in [-0.4, -0.2) is 88.1 Å². The number of hydrogen-bond acceptors (Lipinski definition) is 9. The van der Waals surface area contributed by atoms with Crippen molar-refractivity contribution in [2.45, 2.75) is 55.6 Å². The third-order valence-corrected chi connectivity index (χ3v) is 11.3. The number of likely N-dealkylation sites (N-methyl/N-ethyl adjacent to an activating group) is 2. The fourth-order valence-electron chi connectivity index (χ4n) is 6.55. The first-order valence-corrected chi connectivity index (χ1v) is 18.4. The summed E-state index contributed by atoms with van der Waals surface area (Å²) in [6, 6.07) is 16.5. The molecule has 4 aromatic rings. The van der Waals surface area contributed by atoms with Crippen LogP contribution < -0.4 is 19.1 Å². The molecule has 5 rings (SSSR count). The maximum atomic E-state index is 16.1. The number of nitrogens with one attached hydrogen (secondary N) is 1. The van der Waals surface area contributed by atoms with Crippen LogP contribution >= 0.6 is 11.6 Å². The summed E-state index contributed by atoms with van der Waals surface area (Å²) < 4.78 is 56.4. The highest BCUT2D eigenvalue weighted by molar-refractivity contribution is 7.92. The van der Waals surface area contributed by atoms with E-state index in [0.717, 1.165) is 22.9 Å². The highest BCUT2D eigenvalue weighted by Crippen LogP contribution is 2.39. The van der Waals surface area contributed by atoms with Gasteiger partial charge in [-0.25, -0.2) is 27.1 Å². The SMILES string of the molecule is COc1ccc(CN(c2ccncn2)S(=O)(=O)c2cc(Cl)c(N[C@H]3CC[C@H](c4cccc(C)c4)C[C@@H]3N(C)C(=O)CN(C)C)cc2F)c(OC)c1. The van der Waals surface area contributed by atoms with Gasteiger partial charge >= 0.3 is 0 Å². The van der Waals surface area contributed by atoms with E-state index in [-0.39, 0.29) is 53.5 Å². The summed E-state index contributed by atoms with van der Waals surface area (Å²) >= 11 is 6.76. The summed E-state index contributed by atoms with van der Waals surface area (Å²) in [6.45, 7) is 2.06. The maximum Gasteiger partial charge on any atom is 0.268 e. The van der Waals surface area contributed by atoms with Crippen molar-refractivity contribution in [3.63, 3.8) is 0 Å². The number of carbonyl (C=O) groups is 1. The second-order valence-electron chi connectivity index (χ2n) is 13.0. The molecule has 11 nitrogen and oxygen atoms in total. The largest absolute Gasteiger partial charge is 0.497 e. The number of amides is 1. The van der Waals surface area contributed by atoms with Crippen molar-refractivity contribution < 1.29 is 27.1 Å². The van der Waals surface area contributed by atoms with Gasteiger partial charge < -0.3 is 24.6 Å². The second-order valence-corrected chi connectivity index (χ2v) is 15.2. The van der Waals surface area contributed by atoms with Crippen LogP contribution in [0.1, 0.15) is 41.9 Å². The van der Waals surface area contributed by atoms with Crippen LogP contribution in [0.2, 0.25) is 5.02 Å². The number of benzene rings is 3. The fourth-order valence-corrected chi connectivity index (χ4v) is 8.31. The van der Waals surface area contributed by atoms with E-state index in [9.17, 15) is 13.2 Å². The molecule has 1 aromatic heterocycles. The third kappa shape index (κ3) is 8.71. The fraction of sp³-hybridized carbons (Fsp3) is 0.378. The Hall–Kier alpha value is -4.46. The molecule has 51 heavy (non-hydrogen) atoms. The first kappa shape index (κ1) is 37.8. The third-order valence-electron chi connectivity index (χ3n) is 9.23. The lowest BCUT2D eigenvalue weighted by Crippen LogP contribution is -2.52. The van der Waals surface area contributed by atoms with Crippen LogP contribution in [0.25, 0.3) is 0 Å². The molecule has 1 aliphatic rings. The summed E-state index contributed by atoms with van der Waals surface area (Å²) in [4.78, 5) is 24.3. The topological polar surface area (TPSA) is 117 Å². The second kappa shape index (κ2) is 16.3. The zero-order chi connectivity index (χ0) is 36.9. The minimum Gasteiger partial charge on any atom is -0.497 e. The van der Waals surface area contributed by atoms with Crippen molar-refractivity contribution in [3.8, 4) is 11.5 Å². The van der Waals surface area contributed by atoms with Gasteiger partial charge in [0.1, 0.15) is 34.4 Å². The van der Waals surface area contributed by atoms with Crippen LogP contribution in [0.3, 0.4) is 0 Å². The van der Waals surface area contributed by atoms with Gasteiger partial charge in [0, 0.05) is 37.0 Å². The lowest BCUT2D eigenvalue weighted by Gasteiger charge is -2.42. The molecular weight excluding hydrogens is 695 g/mol. The molecule has 0 aliphatic heterocycles. The average Bonchev–Trinajstić information content (AvgIpc) is 3.11. The van der Waals surface area contributed by atoms with Crippen molar-refractivity contribution in [1.29, 1.82) is 0 Å². The molecule has 0 saturated heterocycles.